The summed E-state index contributed by atoms with van der Waals surface area (Å²) in [5, 5.41) is 3.26. The SMILES string of the molecule is CC(C)(C)OC(=O)N1C(C(=O)N(c2ccc(C(C)(C)C)cc2)C(C(=O)NC2CCCCC2)c2cccnc2)CCC1(C)C. The normalized spacial score (nSPS) is 19.9. The summed E-state index contributed by atoms with van der Waals surface area (Å²) in [4.78, 5) is 50.2. The van der Waals surface area contributed by atoms with Crippen molar-refractivity contribution in [1.29, 1.82) is 0 Å². The number of hydrogen-bond acceptors (Lipinski definition) is 5. The van der Waals surface area contributed by atoms with Crippen LogP contribution in [0.1, 0.15) is 118 Å². The number of anilines is 1. The van der Waals surface area contributed by atoms with Gasteiger partial charge in [0, 0.05) is 35.2 Å². The van der Waals surface area contributed by atoms with Crippen molar-refractivity contribution < 1.29 is 19.1 Å². The van der Waals surface area contributed by atoms with E-state index in [1.165, 1.54) is 6.42 Å². The maximum atomic E-state index is 14.9. The van der Waals surface area contributed by atoms with Crippen molar-refractivity contribution in [3.05, 3.63) is 59.9 Å². The van der Waals surface area contributed by atoms with Gasteiger partial charge in [0.05, 0.1) is 0 Å². The van der Waals surface area contributed by atoms with Gasteiger partial charge in [-0.2, -0.15) is 0 Å². The minimum atomic E-state index is -0.965. The van der Waals surface area contributed by atoms with E-state index in [1.807, 2.05) is 65.0 Å². The van der Waals surface area contributed by atoms with Gasteiger partial charge in [-0.3, -0.25) is 24.4 Å². The van der Waals surface area contributed by atoms with E-state index in [2.05, 4.69) is 31.1 Å². The van der Waals surface area contributed by atoms with Crippen LogP contribution in [-0.4, -0.2) is 51.0 Å². The molecule has 0 bridgehead atoms. The minimum absolute atomic E-state index is 0.0596. The zero-order chi connectivity index (χ0) is 31.6. The van der Waals surface area contributed by atoms with Gasteiger partial charge in [-0.25, -0.2) is 4.79 Å². The summed E-state index contributed by atoms with van der Waals surface area (Å²) in [6.07, 6.45) is 9.03. The predicted molar refractivity (Wildman–Crippen MR) is 170 cm³/mol. The summed E-state index contributed by atoms with van der Waals surface area (Å²) < 4.78 is 5.80. The number of hydrogen-bond donors (Lipinski definition) is 1. The van der Waals surface area contributed by atoms with Crippen LogP contribution in [0.3, 0.4) is 0 Å². The Bertz CT molecular complexity index is 1270. The number of nitrogens with one attached hydrogen (secondary N) is 1. The molecule has 43 heavy (non-hydrogen) atoms. The lowest BCUT2D eigenvalue weighted by atomic mass is 9.87. The summed E-state index contributed by atoms with van der Waals surface area (Å²) in [6, 6.07) is 9.77. The summed E-state index contributed by atoms with van der Waals surface area (Å²) in [6.45, 7) is 15.8. The molecule has 1 aliphatic carbocycles. The first-order chi connectivity index (χ1) is 20.1. The van der Waals surface area contributed by atoms with E-state index in [1.54, 1.807) is 28.3 Å². The Morgan fingerprint density at radius 3 is 2.19 bits per heavy atom. The number of pyridine rings is 1. The molecule has 0 radical (unpaired) electrons. The van der Waals surface area contributed by atoms with Crippen molar-refractivity contribution in [3.8, 4) is 0 Å². The van der Waals surface area contributed by atoms with Crippen molar-refractivity contribution in [1.82, 2.24) is 15.2 Å². The van der Waals surface area contributed by atoms with Gasteiger partial charge in [-0.1, -0.05) is 58.2 Å². The molecule has 1 saturated heterocycles. The topological polar surface area (TPSA) is 91.8 Å². The quantitative estimate of drug-likeness (QED) is 0.388. The molecule has 2 unspecified atom stereocenters. The van der Waals surface area contributed by atoms with Crippen molar-refractivity contribution in [3.63, 3.8) is 0 Å². The highest BCUT2D eigenvalue weighted by molar-refractivity contribution is 6.05. The van der Waals surface area contributed by atoms with Crippen LogP contribution < -0.4 is 10.2 Å². The first-order valence-electron chi connectivity index (χ1n) is 15.7. The standard InChI is InChI=1S/C35H50N4O4/c1-33(2,3)25-16-18-27(19-17-25)38(31(41)28-20-21-35(7,8)39(28)32(42)43-34(4,5)6)29(24-13-12-22-36-23-24)30(40)37-26-14-10-9-11-15-26/h12-13,16-19,22-23,26,28-29H,9-11,14-15,20-21H2,1-8H3,(H,37,40). The predicted octanol–water partition coefficient (Wildman–Crippen LogP) is 7.08. The van der Waals surface area contributed by atoms with Crippen LogP contribution in [0.4, 0.5) is 10.5 Å². The van der Waals surface area contributed by atoms with E-state index < -0.39 is 29.3 Å². The molecule has 1 N–H and O–H groups in total. The van der Waals surface area contributed by atoms with Crippen LogP contribution >= 0.6 is 0 Å². The van der Waals surface area contributed by atoms with Gasteiger partial charge in [0.25, 0.3) is 5.91 Å². The highest BCUT2D eigenvalue weighted by atomic mass is 16.6. The van der Waals surface area contributed by atoms with Crippen molar-refractivity contribution >= 4 is 23.6 Å². The fourth-order valence-electron chi connectivity index (χ4n) is 6.25. The minimum Gasteiger partial charge on any atom is -0.444 e. The zero-order valence-electron chi connectivity index (χ0n) is 27.3. The number of rotatable bonds is 6. The molecule has 1 aromatic heterocycles. The molecular formula is C35H50N4O4. The Labute approximate surface area is 257 Å². The Kier molecular flexibility index (Phi) is 9.57. The second-order valence-corrected chi connectivity index (χ2v) is 14.8. The lowest BCUT2D eigenvalue weighted by Crippen LogP contribution is -2.56. The molecule has 2 aromatic rings. The number of likely N-dealkylation sites (tertiary alicyclic amines) is 1. The van der Waals surface area contributed by atoms with E-state index in [0.29, 0.717) is 24.1 Å². The molecule has 1 saturated carbocycles. The Balaban J connectivity index is 1.82. The molecule has 2 heterocycles. The number of ether oxygens (including phenoxy) is 1. The van der Waals surface area contributed by atoms with Crippen LogP contribution in [0.2, 0.25) is 0 Å². The van der Waals surface area contributed by atoms with Crippen LogP contribution in [0.15, 0.2) is 48.8 Å². The van der Waals surface area contributed by atoms with Gasteiger partial charge < -0.3 is 10.1 Å². The largest absolute Gasteiger partial charge is 0.444 e. The molecule has 2 fully saturated rings. The van der Waals surface area contributed by atoms with E-state index >= 15 is 0 Å². The number of nitrogens with zero attached hydrogens (tertiary/aromatic N) is 3. The summed E-state index contributed by atoms with van der Waals surface area (Å²) in [5.41, 5.74) is 0.926. The van der Waals surface area contributed by atoms with Crippen LogP contribution in [0.5, 0.6) is 0 Å². The van der Waals surface area contributed by atoms with Crippen LogP contribution in [0.25, 0.3) is 0 Å². The van der Waals surface area contributed by atoms with Crippen molar-refractivity contribution in [2.24, 2.45) is 0 Å². The summed E-state index contributed by atoms with van der Waals surface area (Å²) in [7, 11) is 0. The summed E-state index contributed by atoms with van der Waals surface area (Å²) in [5.74, 6) is -0.554. The van der Waals surface area contributed by atoms with E-state index in [9.17, 15) is 14.4 Å². The maximum Gasteiger partial charge on any atom is 0.411 e. The fraction of sp³-hybridized carbons (Fsp3) is 0.600. The molecule has 2 aliphatic rings. The lowest BCUT2D eigenvalue weighted by Gasteiger charge is -2.40. The maximum absolute atomic E-state index is 14.9. The Morgan fingerprint density at radius 1 is 0.977 bits per heavy atom. The molecule has 234 valence electrons. The molecule has 8 heteroatoms. The molecule has 1 aromatic carbocycles. The molecule has 1 aliphatic heterocycles. The van der Waals surface area contributed by atoms with E-state index in [0.717, 1.165) is 31.2 Å². The highest BCUT2D eigenvalue weighted by Gasteiger charge is 2.50. The molecule has 8 nitrogen and oxygen atoms in total. The third-order valence-corrected chi connectivity index (χ3v) is 8.58. The third kappa shape index (κ3) is 7.76. The van der Waals surface area contributed by atoms with Gasteiger partial charge in [0.2, 0.25) is 5.91 Å². The van der Waals surface area contributed by atoms with Gasteiger partial charge in [0.15, 0.2) is 0 Å². The van der Waals surface area contributed by atoms with Crippen molar-refractivity contribution in [2.75, 3.05) is 4.90 Å². The van der Waals surface area contributed by atoms with Crippen LogP contribution in [0, 0.1) is 0 Å². The second-order valence-electron chi connectivity index (χ2n) is 14.8. The lowest BCUT2D eigenvalue weighted by molar-refractivity contribution is -0.129. The first kappa shape index (κ1) is 32.5. The van der Waals surface area contributed by atoms with E-state index in [4.69, 9.17) is 4.74 Å². The second kappa shape index (κ2) is 12.7. The average molecular weight is 591 g/mol. The van der Waals surface area contributed by atoms with Crippen LogP contribution in [-0.2, 0) is 19.7 Å². The van der Waals surface area contributed by atoms with Gasteiger partial charge in [-0.05, 0) is 89.5 Å². The molecule has 0 spiro atoms. The van der Waals surface area contributed by atoms with Gasteiger partial charge in [-0.15, -0.1) is 0 Å². The fourth-order valence-corrected chi connectivity index (χ4v) is 6.25. The van der Waals surface area contributed by atoms with E-state index in [-0.39, 0.29) is 23.3 Å². The number of carbonyl (C=O) groups is 3. The molecule has 3 amide bonds. The number of benzene rings is 1. The average Bonchev–Trinajstić information content (AvgIpc) is 3.26. The van der Waals surface area contributed by atoms with Gasteiger partial charge in [0.1, 0.15) is 17.7 Å². The third-order valence-electron chi connectivity index (χ3n) is 8.58. The number of aromatic nitrogens is 1. The number of amides is 3. The smallest absolute Gasteiger partial charge is 0.411 e. The zero-order valence-corrected chi connectivity index (χ0v) is 27.3. The summed E-state index contributed by atoms with van der Waals surface area (Å²) >= 11 is 0. The number of carbonyl (C=O) groups excluding carboxylic acids is 3. The first-order valence-corrected chi connectivity index (χ1v) is 15.7. The Morgan fingerprint density at radius 2 is 1.63 bits per heavy atom. The highest BCUT2D eigenvalue weighted by Crippen LogP contribution is 2.39. The van der Waals surface area contributed by atoms with Gasteiger partial charge >= 0.3 is 6.09 Å². The molecular weight excluding hydrogens is 540 g/mol. The Hall–Kier alpha value is -3.42. The molecule has 4 rings (SSSR count). The van der Waals surface area contributed by atoms with Crippen molar-refractivity contribution in [2.45, 2.75) is 135 Å². The monoisotopic (exact) mass is 590 g/mol. The molecule has 2 atom stereocenters.